The third-order valence-electron chi connectivity index (χ3n) is 3.23. The number of hydrogen-bond acceptors (Lipinski definition) is 2. The molecule has 0 fully saturated rings. The summed E-state index contributed by atoms with van der Waals surface area (Å²) in [5.41, 5.74) is 7.30. The van der Waals surface area contributed by atoms with Crippen molar-refractivity contribution in [2.24, 2.45) is 11.7 Å². The molecule has 1 aromatic rings. The van der Waals surface area contributed by atoms with Crippen LogP contribution >= 0.6 is 11.6 Å². The van der Waals surface area contributed by atoms with Crippen LogP contribution in [0.3, 0.4) is 0 Å². The lowest BCUT2D eigenvalue weighted by Gasteiger charge is -2.13. The predicted molar refractivity (Wildman–Crippen MR) is 76.9 cm³/mol. The van der Waals surface area contributed by atoms with Gasteiger partial charge in [-0.1, -0.05) is 31.0 Å². The normalized spacial score (nSPS) is 12.2. The molecule has 1 aromatic carbocycles. The van der Waals surface area contributed by atoms with Gasteiger partial charge in [0, 0.05) is 17.1 Å². The number of anilines is 1. The molecule has 0 aliphatic rings. The highest BCUT2D eigenvalue weighted by Gasteiger charge is 2.10. The number of hydrogen-bond donors (Lipinski definition) is 2. The molecule has 1 rings (SSSR count). The molecule has 0 spiro atoms. The van der Waals surface area contributed by atoms with Crippen molar-refractivity contribution in [1.29, 1.82) is 0 Å². The Morgan fingerprint density at radius 1 is 1.50 bits per heavy atom. The molecule has 0 bridgehead atoms. The number of nitrogens with two attached hydrogens (primary N) is 1. The number of benzene rings is 1. The van der Waals surface area contributed by atoms with E-state index in [9.17, 15) is 4.79 Å². The van der Waals surface area contributed by atoms with Gasteiger partial charge < -0.3 is 11.1 Å². The molecule has 3 nitrogen and oxygen atoms in total. The third-order valence-corrected chi connectivity index (χ3v) is 3.64. The first-order valence-corrected chi connectivity index (χ1v) is 6.71. The fourth-order valence-electron chi connectivity index (χ4n) is 1.78. The van der Waals surface area contributed by atoms with Crippen LogP contribution < -0.4 is 11.1 Å². The first kappa shape index (κ1) is 15.0. The maximum Gasteiger partial charge on any atom is 0.224 e. The fourth-order valence-corrected chi connectivity index (χ4v) is 1.95. The molecule has 0 aliphatic carbocycles. The summed E-state index contributed by atoms with van der Waals surface area (Å²) in [5.74, 6) is 0.448. The Kier molecular flexibility index (Phi) is 6.16. The van der Waals surface area contributed by atoms with Gasteiger partial charge in [0.25, 0.3) is 0 Å². The summed E-state index contributed by atoms with van der Waals surface area (Å²) >= 11 is 6.00. The van der Waals surface area contributed by atoms with Gasteiger partial charge >= 0.3 is 0 Å². The molecule has 1 unspecified atom stereocenters. The molecule has 1 amide bonds. The number of rotatable bonds is 6. The zero-order valence-corrected chi connectivity index (χ0v) is 11.8. The van der Waals surface area contributed by atoms with Crippen LogP contribution in [-0.2, 0) is 4.79 Å². The number of carbonyl (C=O) groups is 1. The highest BCUT2D eigenvalue weighted by molar-refractivity contribution is 6.31. The maximum atomic E-state index is 11.8. The summed E-state index contributed by atoms with van der Waals surface area (Å²) in [7, 11) is 0. The molecule has 18 heavy (non-hydrogen) atoms. The van der Waals surface area contributed by atoms with E-state index in [1.54, 1.807) is 0 Å². The van der Waals surface area contributed by atoms with Crippen LogP contribution in [0.15, 0.2) is 18.2 Å². The number of nitrogens with one attached hydrogen (secondary N) is 1. The van der Waals surface area contributed by atoms with Crippen LogP contribution in [0.25, 0.3) is 0 Å². The van der Waals surface area contributed by atoms with Crippen molar-refractivity contribution >= 4 is 23.2 Å². The second-order valence-electron chi connectivity index (χ2n) is 4.51. The van der Waals surface area contributed by atoms with E-state index in [0.717, 1.165) is 24.1 Å². The molecular weight excluding hydrogens is 248 g/mol. The number of halogens is 1. The Bertz CT molecular complexity index is 403. The average molecular weight is 269 g/mol. The SMILES string of the molecule is CCC(CN)CCC(=O)Nc1cccc(Cl)c1C. The Balaban J connectivity index is 2.52. The van der Waals surface area contributed by atoms with E-state index in [1.807, 2.05) is 25.1 Å². The Morgan fingerprint density at radius 3 is 2.83 bits per heavy atom. The van der Waals surface area contributed by atoms with Crippen LogP contribution in [0.4, 0.5) is 5.69 Å². The van der Waals surface area contributed by atoms with Gasteiger partial charge in [-0.15, -0.1) is 0 Å². The Labute approximate surface area is 114 Å². The molecule has 1 atom stereocenters. The van der Waals surface area contributed by atoms with Gasteiger partial charge in [-0.25, -0.2) is 0 Å². The molecule has 0 saturated carbocycles. The molecular formula is C14H21ClN2O. The van der Waals surface area contributed by atoms with Gasteiger partial charge in [0.1, 0.15) is 0 Å². The first-order chi connectivity index (χ1) is 8.58. The number of carbonyl (C=O) groups excluding carboxylic acids is 1. The highest BCUT2D eigenvalue weighted by atomic mass is 35.5. The fraction of sp³-hybridized carbons (Fsp3) is 0.500. The quantitative estimate of drug-likeness (QED) is 0.831. The van der Waals surface area contributed by atoms with Crippen molar-refractivity contribution in [2.45, 2.75) is 33.1 Å². The minimum absolute atomic E-state index is 0.0206. The zero-order valence-electron chi connectivity index (χ0n) is 11.0. The summed E-state index contributed by atoms with van der Waals surface area (Å²) in [6, 6.07) is 5.51. The lowest BCUT2D eigenvalue weighted by molar-refractivity contribution is -0.116. The Hall–Kier alpha value is -1.06. The van der Waals surface area contributed by atoms with Crippen LogP contribution in [0.5, 0.6) is 0 Å². The van der Waals surface area contributed by atoms with Crippen LogP contribution in [0, 0.1) is 12.8 Å². The molecule has 4 heteroatoms. The molecule has 100 valence electrons. The highest BCUT2D eigenvalue weighted by Crippen LogP contribution is 2.23. The van der Waals surface area contributed by atoms with Crippen molar-refractivity contribution in [3.63, 3.8) is 0 Å². The molecule has 0 radical (unpaired) electrons. The van der Waals surface area contributed by atoms with E-state index in [2.05, 4.69) is 12.2 Å². The summed E-state index contributed by atoms with van der Waals surface area (Å²) in [6.45, 7) is 4.63. The second-order valence-corrected chi connectivity index (χ2v) is 4.92. The standard InChI is InChI=1S/C14H21ClN2O/c1-3-11(9-16)7-8-14(18)17-13-6-4-5-12(15)10(13)2/h4-6,11H,3,7-9,16H2,1-2H3,(H,17,18). The molecule has 0 aromatic heterocycles. The van der Waals surface area contributed by atoms with E-state index in [1.165, 1.54) is 0 Å². The van der Waals surface area contributed by atoms with E-state index in [-0.39, 0.29) is 5.91 Å². The van der Waals surface area contributed by atoms with Gasteiger partial charge in [0.15, 0.2) is 0 Å². The molecule has 0 saturated heterocycles. The second kappa shape index (κ2) is 7.39. The van der Waals surface area contributed by atoms with Crippen molar-refractivity contribution in [3.8, 4) is 0 Å². The van der Waals surface area contributed by atoms with Crippen molar-refractivity contribution < 1.29 is 4.79 Å². The van der Waals surface area contributed by atoms with Gasteiger partial charge in [0.05, 0.1) is 0 Å². The lowest BCUT2D eigenvalue weighted by Crippen LogP contribution is -2.18. The van der Waals surface area contributed by atoms with Crippen LogP contribution in [0.2, 0.25) is 5.02 Å². The molecule has 0 heterocycles. The van der Waals surface area contributed by atoms with Crippen molar-refractivity contribution in [2.75, 3.05) is 11.9 Å². The largest absolute Gasteiger partial charge is 0.330 e. The van der Waals surface area contributed by atoms with Gasteiger partial charge in [0.2, 0.25) is 5.91 Å². The van der Waals surface area contributed by atoms with E-state index < -0.39 is 0 Å². The maximum absolute atomic E-state index is 11.8. The third kappa shape index (κ3) is 4.31. The first-order valence-electron chi connectivity index (χ1n) is 6.33. The lowest BCUT2D eigenvalue weighted by atomic mass is 10.0. The monoisotopic (exact) mass is 268 g/mol. The topological polar surface area (TPSA) is 55.1 Å². The summed E-state index contributed by atoms with van der Waals surface area (Å²) in [6.07, 6.45) is 2.35. The van der Waals surface area contributed by atoms with Crippen LogP contribution in [0.1, 0.15) is 31.7 Å². The molecule has 0 aliphatic heterocycles. The summed E-state index contributed by atoms with van der Waals surface area (Å²) in [5, 5.41) is 3.56. The van der Waals surface area contributed by atoms with E-state index >= 15 is 0 Å². The summed E-state index contributed by atoms with van der Waals surface area (Å²) in [4.78, 5) is 11.8. The average Bonchev–Trinajstić information content (AvgIpc) is 2.36. The minimum atomic E-state index is 0.0206. The predicted octanol–water partition coefficient (Wildman–Crippen LogP) is 3.35. The summed E-state index contributed by atoms with van der Waals surface area (Å²) < 4.78 is 0. The van der Waals surface area contributed by atoms with Crippen molar-refractivity contribution in [1.82, 2.24) is 0 Å². The van der Waals surface area contributed by atoms with Gasteiger partial charge in [-0.3, -0.25) is 4.79 Å². The minimum Gasteiger partial charge on any atom is -0.330 e. The van der Waals surface area contributed by atoms with Gasteiger partial charge in [-0.05, 0) is 43.5 Å². The Morgan fingerprint density at radius 2 is 2.22 bits per heavy atom. The zero-order chi connectivity index (χ0) is 13.5. The number of amides is 1. The van der Waals surface area contributed by atoms with Gasteiger partial charge in [-0.2, -0.15) is 0 Å². The van der Waals surface area contributed by atoms with E-state index in [4.69, 9.17) is 17.3 Å². The van der Waals surface area contributed by atoms with Crippen molar-refractivity contribution in [3.05, 3.63) is 28.8 Å². The van der Waals surface area contributed by atoms with Crippen LogP contribution in [-0.4, -0.2) is 12.5 Å². The molecule has 3 N–H and O–H groups in total. The van der Waals surface area contributed by atoms with E-state index in [0.29, 0.717) is 23.9 Å². The smallest absolute Gasteiger partial charge is 0.224 e.